The summed E-state index contributed by atoms with van der Waals surface area (Å²) in [6.07, 6.45) is 15.8. The minimum atomic E-state index is -1.25. The monoisotopic (exact) mass is 570 g/mol. The Morgan fingerprint density at radius 1 is 1.07 bits per heavy atom. The zero-order valence-electron chi connectivity index (χ0n) is 25.7. The largest absolute Gasteiger partial charge is 1.00 e. The molecule has 5 nitrogen and oxygen atoms in total. The summed E-state index contributed by atoms with van der Waals surface area (Å²) in [5.74, 6) is 0.391. The second-order valence-corrected chi connectivity index (χ2v) is 12.6. The number of nitrogens with one attached hydrogen (secondary N) is 2. The van der Waals surface area contributed by atoms with E-state index in [0.29, 0.717) is 36.2 Å². The number of carboxylic acids is 1. The van der Waals surface area contributed by atoms with Gasteiger partial charge in [-0.1, -0.05) is 88.4 Å². The van der Waals surface area contributed by atoms with Crippen molar-refractivity contribution in [3.05, 3.63) is 71.3 Å². The van der Waals surface area contributed by atoms with Crippen molar-refractivity contribution >= 4 is 23.6 Å². The summed E-state index contributed by atoms with van der Waals surface area (Å²) in [6, 6.07) is 13.2. The molecule has 0 radical (unpaired) electrons. The molecule has 2 N–H and O–H groups in total. The Morgan fingerprint density at radius 3 is 2.46 bits per heavy atom. The van der Waals surface area contributed by atoms with Crippen LogP contribution >= 0.6 is 11.8 Å². The van der Waals surface area contributed by atoms with Gasteiger partial charge >= 0.3 is 18.9 Å². The number of hydrogen-bond donors (Lipinski definition) is 2. The molecule has 2 aromatic carbocycles. The fraction of sp³-hybridized carbons (Fsp3) is 0.529. The number of carboxylic acid groups (broad SMARTS) is 1. The molecule has 218 valence electrons. The standard InChI is InChI=1S/C34H48N2O3S.Li/c1-24(2)11-10-15-28(21-26-13-6-5-7-14-26)35-23-27-17-18-30(31(22-27)29-16-9-8-12-25(29)3)33(37)36-32(34(38)39)19-20-40-4;/h8-10,12,15-18,22,24,26,28,32,35H,5-7,11,13-14,19-21,23H2,1-4H3,(H,36,37)(H,38,39);/q;+1/p-1/t28?,32-;/m0./s1. The van der Waals surface area contributed by atoms with E-state index in [1.54, 1.807) is 11.8 Å². The molecule has 1 unspecified atom stereocenters. The number of carbonyl (C=O) groups is 2. The van der Waals surface area contributed by atoms with E-state index < -0.39 is 12.0 Å². The van der Waals surface area contributed by atoms with Gasteiger partial charge in [0.2, 0.25) is 0 Å². The van der Waals surface area contributed by atoms with E-state index in [-0.39, 0.29) is 24.8 Å². The Labute approximate surface area is 263 Å². The molecule has 0 spiro atoms. The van der Waals surface area contributed by atoms with Crippen LogP contribution in [0, 0.1) is 18.8 Å². The van der Waals surface area contributed by atoms with E-state index in [2.05, 4.69) is 42.7 Å². The van der Waals surface area contributed by atoms with E-state index in [1.807, 2.05) is 49.6 Å². The first kappa shape index (κ1) is 35.2. The Kier molecular flexibility index (Phi) is 15.9. The van der Waals surface area contributed by atoms with E-state index in [0.717, 1.165) is 41.0 Å². The number of carbonyl (C=O) groups excluding carboxylic acids is 2. The van der Waals surface area contributed by atoms with Crippen LogP contribution in [0.3, 0.4) is 0 Å². The molecule has 0 heterocycles. The van der Waals surface area contributed by atoms with Gasteiger partial charge in [0.05, 0.1) is 12.0 Å². The molecule has 3 rings (SSSR count). The van der Waals surface area contributed by atoms with Gasteiger partial charge in [-0.2, -0.15) is 11.8 Å². The summed E-state index contributed by atoms with van der Waals surface area (Å²) in [5, 5.41) is 18.2. The molecule has 0 aromatic heterocycles. The minimum Gasteiger partial charge on any atom is -0.548 e. The maximum Gasteiger partial charge on any atom is 1.00 e. The van der Waals surface area contributed by atoms with Crippen LogP contribution in [0.5, 0.6) is 0 Å². The maximum absolute atomic E-state index is 13.4. The van der Waals surface area contributed by atoms with Gasteiger partial charge in [-0.05, 0) is 84.4 Å². The molecule has 1 fully saturated rings. The molecule has 2 atom stereocenters. The van der Waals surface area contributed by atoms with Gasteiger partial charge in [-0.3, -0.25) is 4.79 Å². The molecular formula is C34H47LiN2O3S. The van der Waals surface area contributed by atoms with Gasteiger partial charge in [0.1, 0.15) is 0 Å². The fourth-order valence-electron chi connectivity index (χ4n) is 5.49. The topological polar surface area (TPSA) is 81.3 Å². The molecule has 1 aliphatic carbocycles. The number of hydrogen-bond acceptors (Lipinski definition) is 5. The number of aryl methyl sites for hydroxylation is 1. The third-order valence-electron chi connectivity index (χ3n) is 7.82. The van der Waals surface area contributed by atoms with Crippen molar-refractivity contribution in [2.75, 3.05) is 12.0 Å². The van der Waals surface area contributed by atoms with E-state index in [4.69, 9.17) is 0 Å². The first-order valence-corrected chi connectivity index (χ1v) is 16.3. The molecule has 41 heavy (non-hydrogen) atoms. The summed E-state index contributed by atoms with van der Waals surface area (Å²) in [6.45, 7) is 7.22. The van der Waals surface area contributed by atoms with Crippen LogP contribution in [-0.2, 0) is 11.3 Å². The Morgan fingerprint density at radius 2 is 1.80 bits per heavy atom. The van der Waals surface area contributed by atoms with Gasteiger partial charge in [-0.15, -0.1) is 0 Å². The first-order chi connectivity index (χ1) is 19.3. The van der Waals surface area contributed by atoms with Crippen LogP contribution in [0.25, 0.3) is 11.1 Å². The quantitative estimate of drug-likeness (QED) is 0.254. The average molecular weight is 571 g/mol. The smallest absolute Gasteiger partial charge is 0.548 e. The van der Waals surface area contributed by atoms with E-state index in [1.165, 1.54) is 32.1 Å². The van der Waals surface area contributed by atoms with Gasteiger partial charge in [0, 0.05) is 18.2 Å². The van der Waals surface area contributed by atoms with E-state index in [9.17, 15) is 14.7 Å². The molecule has 1 aliphatic rings. The number of aliphatic carboxylic acids is 1. The van der Waals surface area contributed by atoms with Crippen LogP contribution in [-0.4, -0.2) is 36.0 Å². The maximum atomic E-state index is 13.4. The zero-order valence-corrected chi connectivity index (χ0v) is 26.5. The normalized spacial score (nSPS) is 15.4. The van der Waals surface area contributed by atoms with Crippen LogP contribution in [0.2, 0.25) is 0 Å². The minimum absolute atomic E-state index is 0. The molecule has 7 heteroatoms. The number of thioether (sulfide) groups is 1. The van der Waals surface area contributed by atoms with Crippen molar-refractivity contribution < 1.29 is 33.6 Å². The van der Waals surface area contributed by atoms with Gasteiger partial charge in [-0.25, -0.2) is 0 Å². The molecule has 1 amide bonds. The Bertz CT molecular complexity index is 1130. The fourth-order valence-corrected chi connectivity index (χ4v) is 5.97. The predicted molar refractivity (Wildman–Crippen MR) is 166 cm³/mol. The number of amides is 1. The second kappa shape index (κ2) is 18.5. The summed E-state index contributed by atoms with van der Waals surface area (Å²) in [4.78, 5) is 25.1. The van der Waals surface area contributed by atoms with Crippen molar-refractivity contribution in [2.45, 2.75) is 90.8 Å². The molecule has 1 saturated carbocycles. The van der Waals surface area contributed by atoms with Crippen LogP contribution in [0.4, 0.5) is 0 Å². The number of benzene rings is 2. The molecule has 2 aromatic rings. The van der Waals surface area contributed by atoms with Crippen LogP contribution < -0.4 is 34.6 Å². The Balaban J connectivity index is 0.00000588. The molecular weight excluding hydrogens is 523 g/mol. The van der Waals surface area contributed by atoms with Crippen molar-refractivity contribution in [3.63, 3.8) is 0 Å². The third kappa shape index (κ3) is 11.7. The van der Waals surface area contributed by atoms with Gasteiger partial charge in [0.15, 0.2) is 0 Å². The second-order valence-electron chi connectivity index (χ2n) is 11.6. The van der Waals surface area contributed by atoms with Crippen molar-refractivity contribution in [1.29, 1.82) is 0 Å². The van der Waals surface area contributed by atoms with Gasteiger partial charge in [0.25, 0.3) is 5.91 Å². The van der Waals surface area contributed by atoms with Gasteiger partial charge < -0.3 is 20.5 Å². The number of rotatable bonds is 15. The van der Waals surface area contributed by atoms with Crippen molar-refractivity contribution in [3.8, 4) is 11.1 Å². The third-order valence-corrected chi connectivity index (χ3v) is 8.46. The molecule has 0 saturated heterocycles. The predicted octanol–water partition coefficient (Wildman–Crippen LogP) is 3.30. The zero-order chi connectivity index (χ0) is 28.9. The molecule has 0 aliphatic heterocycles. The average Bonchev–Trinajstić information content (AvgIpc) is 2.94. The summed E-state index contributed by atoms with van der Waals surface area (Å²) < 4.78 is 0. The number of allylic oxidation sites excluding steroid dienone is 1. The first-order valence-electron chi connectivity index (χ1n) is 14.9. The SMILES string of the molecule is CSCC[C@H](NC(=O)c1ccc(CNC(C=CCC(C)C)CC2CCCCC2)cc1-c1ccccc1C)C(=O)[O-].[Li+]. The molecule has 0 bridgehead atoms. The van der Waals surface area contributed by atoms with Crippen molar-refractivity contribution in [1.82, 2.24) is 10.6 Å². The van der Waals surface area contributed by atoms with Crippen molar-refractivity contribution in [2.24, 2.45) is 11.8 Å². The van der Waals surface area contributed by atoms with E-state index >= 15 is 0 Å². The summed E-state index contributed by atoms with van der Waals surface area (Å²) in [5.41, 5.74) is 4.42. The van der Waals surface area contributed by atoms with Crippen LogP contribution in [0.15, 0.2) is 54.6 Å². The van der Waals surface area contributed by atoms with Crippen LogP contribution in [0.1, 0.15) is 86.7 Å². The Hall–Kier alpha value is -1.97. The summed E-state index contributed by atoms with van der Waals surface area (Å²) in [7, 11) is 0. The summed E-state index contributed by atoms with van der Waals surface area (Å²) >= 11 is 1.54.